The van der Waals surface area contributed by atoms with Crippen molar-refractivity contribution in [2.75, 3.05) is 47.8 Å². The number of rotatable bonds is 4. The molecule has 1 aliphatic rings. The molecule has 1 amide bonds. The predicted octanol–water partition coefficient (Wildman–Crippen LogP) is -0.510. The van der Waals surface area contributed by atoms with Gasteiger partial charge in [0.2, 0.25) is 0 Å². The Morgan fingerprint density at radius 3 is 2.67 bits per heavy atom. The van der Waals surface area contributed by atoms with Crippen molar-refractivity contribution in [3.05, 3.63) is 0 Å². The molecule has 0 spiro atoms. The van der Waals surface area contributed by atoms with Crippen molar-refractivity contribution in [1.82, 2.24) is 10.3 Å². The van der Waals surface area contributed by atoms with Gasteiger partial charge in [-0.25, -0.2) is 0 Å². The predicted molar refractivity (Wildman–Crippen MR) is 57.2 cm³/mol. The Bertz CT molecular complexity index is 258. The lowest BCUT2D eigenvalue weighted by molar-refractivity contribution is -0.862. The van der Waals surface area contributed by atoms with Crippen molar-refractivity contribution in [3.63, 3.8) is 0 Å². The van der Waals surface area contributed by atoms with E-state index in [2.05, 4.69) is 15.7 Å². The van der Waals surface area contributed by atoms with Crippen LogP contribution in [0.1, 0.15) is 0 Å². The van der Waals surface area contributed by atoms with Crippen LogP contribution in [-0.2, 0) is 4.79 Å². The van der Waals surface area contributed by atoms with E-state index in [1.165, 1.54) is 0 Å². The van der Waals surface area contributed by atoms with E-state index in [0.717, 1.165) is 6.54 Å². The number of likely N-dealkylation sites (N-methyl/N-ethyl adjacent to an activating group) is 2. The molecule has 15 heavy (non-hydrogen) atoms. The zero-order valence-corrected chi connectivity index (χ0v) is 9.90. The van der Waals surface area contributed by atoms with Crippen molar-refractivity contribution < 1.29 is 9.28 Å². The molecule has 0 aromatic heterocycles. The van der Waals surface area contributed by atoms with Crippen LogP contribution in [-0.4, -0.2) is 69.3 Å². The van der Waals surface area contributed by atoms with E-state index in [1.807, 2.05) is 28.2 Å². The first-order chi connectivity index (χ1) is 6.87. The average molecular weight is 214 g/mol. The maximum absolute atomic E-state index is 11.5. The summed E-state index contributed by atoms with van der Waals surface area (Å²) in [6.07, 6.45) is 0. The first-order valence-corrected chi connectivity index (χ1v) is 5.06. The minimum absolute atomic E-state index is 0.0623. The van der Waals surface area contributed by atoms with E-state index in [9.17, 15) is 4.79 Å². The fraction of sp³-hybridized carbons (Fsp3) is 0.889. The van der Waals surface area contributed by atoms with Crippen LogP contribution in [0.4, 0.5) is 0 Å². The Labute approximate surface area is 90.5 Å². The summed E-state index contributed by atoms with van der Waals surface area (Å²) in [5.74, 6) is 0.0623. The molecule has 0 radical (unpaired) electrons. The van der Waals surface area contributed by atoms with Gasteiger partial charge in [0.1, 0.15) is 6.04 Å². The first-order valence-electron chi connectivity index (χ1n) is 5.06. The highest BCUT2D eigenvalue weighted by atomic mass is 16.2. The normalized spacial score (nSPS) is 20.8. The van der Waals surface area contributed by atoms with Crippen molar-refractivity contribution in [3.8, 4) is 0 Å². The molecule has 1 rings (SSSR count). The Kier molecular flexibility index (Phi) is 3.62. The van der Waals surface area contributed by atoms with Crippen molar-refractivity contribution >= 4 is 5.91 Å². The van der Waals surface area contributed by atoms with Crippen LogP contribution in [0.2, 0.25) is 0 Å². The molecule has 0 saturated heterocycles. The fourth-order valence-electron chi connectivity index (χ4n) is 1.36. The van der Waals surface area contributed by atoms with Gasteiger partial charge in [-0.3, -0.25) is 9.80 Å². The number of hydrogen-bond acceptors (Lipinski definition) is 4. The maximum Gasteiger partial charge on any atom is 0.275 e. The van der Waals surface area contributed by atoms with E-state index in [-0.39, 0.29) is 11.9 Å². The van der Waals surface area contributed by atoms with Gasteiger partial charge in [-0.05, 0) is 0 Å². The van der Waals surface area contributed by atoms with Crippen molar-refractivity contribution in [2.45, 2.75) is 6.04 Å². The maximum atomic E-state index is 11.5. The Balaban J connectivity index is 2.20. The zero-order chi connectivity index (χ0) is 11.5. The van der Waals surface area contributed by atoms with E-state index in [4.69, 9.17) is 0 Å². The summed E-state index contributed by atoms with van der Waals surface area (Å²) in [4.78, 5) is 11.5. The number of nitrogens with zero attached hydrogens (tertiary/aromatic N) is 4. The molecule has 1 N–H and O–H groups in total. The second-order valence-electron chi connectivity index (χ2n) is 4.95. The van der Waals surface area contributed by atoms with Crippen LogP contribution in [0.5, 0.6) is 0 Å². The van der Waals surface area contributed by atoms with E-state index in [1.54, 1.807) is 5.01 Å². The van der Waals surface area contributed by atoms with Crippen molar-refractivity contribution in [2.24, 2.45) is 10.3 Å². The molecule has 1 heterocycles. The lowest BCUT2D eigenvalue weighted by Crippen LogP contribution is -2.46. The average Bonchev–Trinajstić information content (AvgIpc) is 2.45. The summed E-state index contributed by atoms with van der Waals surface area (Å²) < 4.78 is 0.637. The smallest absolute Gasteiger partial charge is 0.275 e. The Hall–Kier alpha value is -1.17. The number of hydrogen-bond donors (Lipinski definition) is 1. The molecule has 0 fully saturated rings. The quantitative estimate of drug-likeness (QED) is 0.641. The molecule has 1 unspecified atom stereocenters. The van der Waals surface area contributed by atoms with Crippen LogP contribution >= 0.6 is 0 Å². The molecule has 1 aliphatic heterocycles. The zero-order valence-electron chi connectivity index (χ0n) is 9.90. The van der Waals surface area contributed by atoms with Gasteiger partial charge >= 0.3 is 0 Å². The molecule has 0 bridgehead atoms. The molecular weight excluding hydrogens is 194 g/mol. The molecule has 1 atom stereocenters. The summed E-state index contributed by atoms with van der Waals surface area (Å²) in [7, 11) is 7.84. The third-order valence-electron chi connectivity index (χ3n) is 2.00. The first kappa shape index (κ1) is 11.9. The number of carbonyl (C=O) groups excluding carboxylic acids is 1. The van der Waals surface area contributed by atoms with Gasteiger partial charge in [-0.15, -0.1) is 0 Å². The lowest BCUT2D eigenvalue weighted by atomic mass is 10.3. The van der Waals surface area contributed by atoms with Crippen LogP contribution in [0.15, 0.2) is 10.3 Å². The minimum Gasteiger partial charge on any atom is -0.349 e. The highest BCUT2D eigenvalue weighted by Gasteiger charge is 2.19. The Morgan fingerprint density at radius 1 is 1.53 bits per heavy atom. The van der Waals surface area contributed by atoms with E-state index >= 15 is 0 Å². The second-order valence-corrected chi connectivity index (χ2v) is 4.95. The van der Waals surface area contributed by atoms with E-state index < -0.39 is 0 Å². The van der Waals surface area contributed by atoms with Crippen molar-refractivity contribution in [1.29, 1.82) is 0 Å². The van der Waals surface area contributed by atoms with Gasteiger partial charge in [0.15, 0.2) is 6.54 Å². The van der Waals surface area contributed by atoms with Gasteiger partial charge in [-0.1, -0.05) is 5.22 Å². The second kappa shape index (κ2) is 4.57. The third kappa shape index (κ3) is 4.73. The van der Waals surface area contributed by atoms with Gasteiger partial charge < -0.3 is 9.80 Å². The number of quaternary nitrogens is 1. The molecule has 6 heteroatoms. The van der Waals surface area contributed by atoms with Gasteiger partial charge in [0, 0.05) is 13.6 Å². The summed E-state index contributed by atoms with van der Waals surface area (Å²) >= 11 is 0. The molecule has 0 saturated carbocycles. The Morgan fingerprint density at radius 2 is 2.20 bits per heavy atom. The van der Waals surface area contributed by atoms with Crippen LogP contribution in [0.25, 0.3) is 0 Å². The lowest BCUT2D eigenvalue weighted by Gasteiger charge is -2.23. The van der Waals surface area contributed by atoms with Crippen LogP contribution in [0, 0.1) is 0 Å². The molecule has 0 aliphatic carbocycles. The van der Waals surface area contributed by atoms with Gasteiger partial charge in [0.05, 0.1) is 27.7 Å². The standard InChI is InChI=1S/C9H19N5O/c1-13-6-8(11-12-13)5-10-9(15)7-14(2,3)4/h8H,5-7H2,1-4H3/p+1. The minimum atomic E-state index is 0.0623. The molecular formula is C9H20N5O+. The molecule has 0 aromatic carbocycles. The summed E-state index contributed by atoms with van der Waals surface area (Å²) in [5, 5.41) is 12.5. The summed E-state index contributed by atoms with van der Waals surface area (Å²) in [6, 6.07) is 0.103. The molecule has 86 valence electrons. The molecule has 0 aromatic rings. The SMILES string of the molecule is CN1CC(CNC(=O)C[N+](C)(C)C)N=N1. The summed E-state index contributed by atoms with van der Waals surface area (Å²) in [5.41, 5.74) is 0. The largest absolute Gasteiger partial charge is 0.349 e. The number of nitrogens with one attached hydrogen (secondary N) is 1. The topological polar surface area (TPSA) is 57.1 Å². The van der Waals surface area contributed by atoms with E-state index in [0.29, 0.717) is 17.6 Å². The number of amides is 1. The molecule has 6 nitrogen and oxygen atoms in total. The third-order valence-corrected chi connectivity index (χ3v) is 2.00. The fourth-order valence-corrected chi connectivity index (χ4v) is 1.36. The van der Waals surface area contributed by atoms with Crippen LogP contribution < -0.4 is 5.32 Å². The number of carbonyl (C=O) groups is 1. The van der Waals surface area contributed by atoms with Gasteiger partial charge in [-0.2, -0.15) is 5.11 Å². The monoisotopic (exact) mass is 214 g/mol. The highest BCUT2D eigenvalue weighted by molar-refractivity contribution is 5.77. The summed E-state index contributed by atoms with van der Waals surface area (Å²) in [6.45, 7) is 1.84. The highest BCUT2D eigenvalue weighted by Crippen LogP contribution is 2.04. The van der Waals surface area contributed by atoms with Crippen LogP contribution in [0.3, 0.4) is 0 Å². The van der Waals surface area contributed by atoms with Gasteiger partial charge in [0.25, 0.3) is 5.91 Å².